The zero-order valence-corrected chi connectivity index (χ0v) is 12.3. The van der Waals surface area contributed by atoms with E-state index in [0.717, 1.165) is 20.9 Å². The van der Waals surface area contributed by atoms with Crippen LogP contribution in [0.3, 0.4) is 0 Å². The van der Waals surface area contributed by atoms with Gasteiger partial charge in [0.1, 0.15) is 5.69 Å². The molecule has 3 rings (SSSR count). The van der Waals surface area contributed by atoms with Crippen molar-refractivity contribution in [3.8, 4) is 0 Å². The third-order valence-electron chi connectivity index (χ3n) is 3.13. The largest absolute Gasteiger partial charge is 0.350 e. The van der Waals surface area contributed by atoms with Gasteiger partial charge in [0.05, 0.1) is 0 Å². The second kappa shape index (κ2) is 5.51. The molecular formula is C16H13BrN2O. The number of hydrogen-bond donors (Lipinski definition) is 2. The second-order valence-corrected chi connectivity index (χ2v) is 5.50. The lowest BCUT2D eigenvalue weighted by atomic mass is 10.2. The molecule has 0 fully saturated rings. The maximum atomic E-state index is 12.1. The van der Waals surface area contributed by atoms with E-state index in [9.17, 15) is 4.79 Å². The third-order valence-corrected chi connectivity index (χ3v) is 3.62. The highest BCUT2D eigenvalue weighted by molar-refractivity contribution is 9.10. The fraction of sp³-hybridized carbons (Fsp3) is 0.0625. The van der Waals surface area contributed by atoms with Crippen molar-refractivity contribution in [2.24, 2.45) is 0 Å². The summed E-state index contributed by atoms with van der Waals surface area (Å²) in [5.74, 6) is -0.0961. The first-order valence-corrected chi connectivity index (χ1v) is 7.12. The molecule has 0 aliphatic carbocycles. The van der Waals surface area contributed by atoms with Crippen LogP contribution in [-0.4, -0.2) is 10.9 Å². The van der Waals surface area contributed by atoms with E-state index in [4.69, 9.17) is 0 Å². The van der Waals surface area contributed by atoms with Crippen LogP contribution >= 0.6 is 15.9 Å². The summed E-state index contributed by atoms with van der Waals surface area (Å²) in [5.41, 5.74) is 2.61. The lowest BCUT2D eigenvalue weighted by Gasteiger charge is -2.03. The fourth-order valence-electron chi connectivity index (χ4n) is 2.10. The average Bonchev–Trinajstić information content (AvgIpc) is 2.89. The maximum Gasteiger partial charge on any atom is 0.267 e. The van der Waals surface area contributed by atoms with Crippen LogP contribution in [0.5, 0.6) is 0 Å². The van der Waals surface area contributed by atoms with Crippen molar-refractivity contribution in [2.75, 3.05) is 0 Å². The fourth-order valence-corrected chi connectivity index (χ4v) is 2.46. The second-order valence-electron chi connectivity index (χ2n) is 4.58. The molecule has 1 amide bonds. The number of fused-ring (bicyclic) bond motifs is 1. The summed E-state index contributed by atoms with van der Waals surface area (Å²) in [7, 11) is 0. The highest BCUT2D eigenvalue weighted by atomic mass is 79.9. The number of carbonyl (C=O) groups excluding carboxylic acids is 1. The third kappa shape index (κ3) is 2.75. The van der Waals surface area contributed by atoms with Crippen LogP contribution in [0.1, 0.15) is 16.1 Å². The summed E-state index contributed by atoms with van der Waals surface area (Å²) < 4.78 is 0.989. The van der Waals surface area contributed by atoms with Gasteiger partial charge in [0.15, 0.2) is 0 Å². The number of nitrogens with one attached hydrogen (secondary N) is 2. The zero-order chi connectivity index (χ0) is 13.9. The molecule has 1 heterocycles. The van der Waals surface area contributed by atoms with E-state index in [1.165, 1.54) is 0 Å². The molecule has 0 saturated carbocycles. The Hall–Kier alpha value is -2.07. The van der Waals surface area contributed by atoms with Crippen molar-refractivity contribution in [1.82, 2.24) is 10.3 Å². The van der Waals surface area contributed by atoms with E-state index in [1.807, 2.05) is 54.6 Å². The van der Waals surface area contributed by atoms with Crippen LogP contribution in [0, 0.1) is 0 Å². The van der Waals surface area contributed by atoms with E-state index in [0.29, 0.717) is 12.2 Å². The molecule has 2 N–H and O–H groups in total. The van der Waals surface area contributed by atoms with E-state index >= 15 is 0 Å². The van der Waals surface area contributed by atoms with Crippen molar-refractivity contribution in [3.05, 3.63) is 70.3 Å². The summed E-state index contributed by atoms with van der Waals surface area (Å²) in [4.78, 5) is 15.2. The Morgan fingerprint density at radius 2 is 1.90 bits per heavy atom. The Balaban J connectivity index is 1.75. The number of carbonyl (C=O) groups is 1. The SMILES string of the molecule is O=C(NCc1ccccc1)c1cc2ccc(Br)cc2[nH]1. The molecule has 0 spiro atoms. The number of halogens is 1. The molecule has 0 unspecified atom stereocenters. The highest BCUT2D eigenvalue weighted by Gasteiger charge is 2.09. The van der Waals surface area contributed by atoms with E-state index < -0.39 is 0 Å². The Morgan fingerprint density at radius 3 is 2.70 bits per heavy atom. The van der Waals surface area contributed by atoms with Crippen LogP contribution in [0.4, 0.5) is 0 Å². The number of rotatable bonds is 3. The topological polar surface area (TPSA) is 44.9 Å². The number of amides is 1. The number of H-pyrrole nitrogens is 1. The highest BCUT2D eigenvalue weighted by Crippen LogP contribution is 2.20. The molecule has 3 nitrogen and oxygen atoms in total. The summed E-state index contributed by atoms with van der Waals surface area (Å²) in [6.45, 7) is 0.527. The van der Waals surface area contributed by atoms with Gasteiger partial charge >= 0.3 is 0 Å². The minimum Gasteiger partial charge on any atom is -0.350 e. The Kier molecular flexibility index (Phi) is 3.56. The normalized spacial score (nSPS) is 10.7. The predicted octanol–water partition coefficient (Wildman–Crippen LogP) is 3.86. The van der Waals surface area contributed by atoms with Gasteiger partial charge < -0.3 is 10.3 Å². The molecule has 0 bridgehead atoms. The number of hydrogen-bond acceptors (Lipinski definition) is 1. The van der Waals surface area contributed by atoms with Crippen LogP contribution in [-0.2, 0) is 6.54 Å². The van der Waals surface area contributed by atoms with Crippen LogP contribution in [0.2, 0.25) is 0 Å². The minimum atomic E-state index is -0.0961. The lowest BCUT2D eigenvalue weighted by molar-refractivity contribution is 0.0947. The Morgan fingerprint density at radius 1 is 1.10 bits per heavy atom. The summed E-state index contributed by atoms with van der Waals surface area (Å²) in [6.07, 6.45) is 0. The van der Waals surface area contributed by atoms with Gasteiger partial charge in [0, 0.05) is 21.9 Å². The predicted molar refractivity (Wildman–Crippen MR) is 83.6 cm³/mol. The van der Waals surface area contributed by atoms with Crippen molar-refractivity contribution in [3.63, 3.8) is 0 Å². The first-order valence-electron chi connectivity index (χ1n) is 6.33. The van der Waals surface area contributed by atoms with E-state index in [1.54, 1.807) is 0 Å². The number of benzene rings is 2. The first-order chi connectivity index (χ1) is 9.72. The summed E-state index contributed by atoms with van der Waals surface area (Å²) >= 11 is 3.42. The van der Waals surface area contributed by atoms with Crippen LogP contribution in [0.15, 0.2) is 59.1 Å². The average molecular weight is 329 g/mol. The number of aromatic amines is 1. The van der Waals surface area contributed by atoms with Gasteiger partial charge in [-0.15, -0.1) is 0 Å². The Labute approximate surface area is 125 Å². The molecule has 0 radical (unpaired) electrons. The summed E-state index contributed by atoms with van der Waals surface area (Å²) in [5, 5.41) is 3.93. The van der Waals surface area contributed by atoms with Gasteiger partial charge in [0.25, 0.3) is 5.91 Å². The smallest absolute Gasteiger partial charge is 0.267 e. The molecule has 0 aliphatic rings. The van der Waals surface area contributed by atoms with Crippen LogP contribution < -0.4 is 5.32 Å². The standard InChI is InChI=1S/C16H13BrN2O/c17-13-7-6-12-8-15(19-14(12)9-13)16(20)18-10-11-4-2-1-3-5-11/h1-9,19H,10H2,(H,18,20). The first kappa shape index (κ1) is 12.9. The summed E-state index contributed by atoms with van der Waals surface area (Å²) in [6, 6.07) is 17.6. The number of aromatic nitrogens is 1. The zero-order valence-electron chi connectivity index (χ0n) is 10.7. The molecule has 2 aromatic carbocycles. The lowest BCUT2D eigenvalue weighted by Crippen LogP contribution is -2.22. The van der Waals surface area contributed by atoms with Crippen molar-refractivity contribution in [1.29, 1.82) is 0 Å². The van der Waals surface area contributed by atoms with Crippen molar-refractivity contribution < 1.29 is 4.79 Å². The maximum absolute atomic E-state index is 12.1. The molecule has 3 aromatic rings. The molecule has 0 aliphatic heterocycles. The molecule has 1 aromatic heterocycles. The van der Waals surface area contributed by atoms with Gasteiger partial charge in [0.2, 0.25) is 0 Å². The molecule has 4 heteroatoms. The Bertz CT molecular complexity index is 750. The van der Waals surface area contributed by atoms with Gasteiger partial charge in [-0.05, 0) is 23.8 Å². The van der Waals surface area contributed by atoms with Crippen molar-refractivity contribution in [2.45, 2.75) is 6.54 Å². The minimum absolute atomic E-state index is 0.0961. The monoisotopic (exact) mass is 328 g/mol. The van der Waals surface area contributed by atoms with Gasteiger partial charge in [-0.3, -0.25) is 4.79 Å². The van der Waals surface area contributed by atoms with Gasteiger partial charge in [-0.25, -0.2) is 0 Å². The molecule has 100 valence electrons. The van der Waals surface area contributed by atoms with E-state index in [2.05, 4.69) is 26.2 Å². The van der Waals surface area contributed by atoms with Gasteiger partial charge in [-0.1, -0.05) is 52.3 Å². The van der Waals surface area contributed by atoms with Crippen LogP contribution in [0.25, 0.3) is 10.9 Å². The molecule has 20 heavy (non-hydrogen) atoms. The molecular weight excluding hydrogens is 316 g/mol. The quantitative estimate of drug-likeness (QED) is 0.753. The van der Waals surface area contributed by atoms with Gasteiger partial charge in [-0.2, -0.15) is 0 Å². The van der Waals surface area contributed by atoms with Crippen molar-refractivity contribution >= 4 is 32.7 Å². The molecule has 0 atom stereocenters. The van der Waals surface area contributed by atoms with E-state index in [-0.39, 0.29) is 5.91 Å². The molecule has 0 saturated heterocycles.